The maximum Gasteiger partial charge on any atom is 0.226 e. The van der Waals surface area contributed by atoms with Crippen LogP contribution >= 0.6 is 22.9 Å². The van der Waals surface area contributed by atoms with Crippen LogP contribution in [0, 0.1) is 6.92 Å². The van der Waals surface area contributed by atoms with Crippen molar-refractivity contribution in [1.82, 2.24) is 10.2 Å². The number of aromatic nitrogens is 2. The van der Waals surface area contributed by atoms with Gasteiger partial charge in [-0.15, -0.1) is 10.2 Å². The first-order valence-electron chi connectivity index (χ1n) is 7.78. The lowest BCUT2D eigenvalue weighted by molar-refractivity contribution is -0.116. The zero-order valence-corrected chi connectivity index (χ0v) is 15.9. The number of rotatable bonds is 6. The van der Waals surface area contributed by atoms with E-state index in [1.807, 2.05) is 19.1 Å². The Morgan fingerprint density at radius 3 is 2.71 bits per heavy atom. The third-order valence-electron chi connectivity index (χ3n) is 3.26. The van der Waals surface area contributed by atoms with Crippen LogP contribution in [0.15, 0.2) is 18.2 Å². The van der Waals surface area contributed by atoms with Crippen LogP contribution in [0.25, 0.3) is 0 Å². The topological polar surface area (TPSA) is 64.1 Å². The molecule has 130 valence electrons. The average Bonchev–Trinajstić information content (AvgIpc) is 2.94. The van der Waals surface area contributed by atoms with Crippen LogP contribution in [-0.2, 0) is 10.2 Å². The number of hydrogen-bond acceptors (Lipinski definition) is 5. The standard InChI is InChI=1S/C17H22ClN3O2S/c1-11-10-12(18)7-8-13(11)23-9-5-6-14(22)19-16-21-20-15(24-16)17(2,3)4/h7-8,10H,5-6,9H2,1-4H3,(H,19,21,22). The molecule has 0 saturated heterocycles. The van der Waals surface area contributed by atoms with Crippen LogP contribution < -0.4 is 10.1 Å². The second-order valence-corrected chi connectivity index (χ2v) is 7.99. The van der Waals surface area contributed by atoms with E-state index in [2.05, 4.69) is 36.3 Å². The van der Waals surface area contributed by atoms with Crippen molar-refractivity contribution in [3.05, 3.63) is 33.8 Å². The van der Waals surface area contributed by atoms with Gasteiger partial charge in [0.05, 0.1) is 6.61 Å². The van der Waals surface area contributed by atoms with Gasteiger partial charge in [-0.1, -0.05) is 43.7 Å². The molecule has 0 aliphatic carbocycles. The summed E-state index contributed by atoms with van der Waals surface area (Å²) in [4.78, 5) is 11.9. The predicted molar refractivity (Wildman–Crippen MR) is 98.2 cm³/mol. The molecule has 0 saturated carbocycles. The van der Waals surface area contributed by atoms with Gasteiger partial charge in [0, 0.05) is 16.9 Å². The van der Waals surface area contributed by atoms with Crippen LogP contribution in [0.2, 0.25) is 5.02 Å². The molecule has 0 aliphatic rings. The second-order valence-electron chi connectivity index (χ2n) is 6.57. The molecule has 0 aliphatic heterocycles. The van der Waals surface area contributed by atoms with Crippen molar-refractivity contribution in [3.63, 3.8) is 0 Å². The van der Waals surface area contributed by atoms with Crippen LogP contribution in [0.4, 0.5) is 5.13 Å². The number of anilines is 1. The fourth-order valence-corrected chi connectivity index (χ4v) is 2.99. The van der Waals surface area contributed by atoms with E-state index in [0.29, 0.717) is 29.6 Å². The SMILES string of the molecule is Cc1cc(Cl)ccc1OCCCC(=O)Nc1nnc(C(C)(C)C)s1. The van der Waals surface area contributed by atoms with E-state index in [4.69, 9.17) is 16.3 Å². The Morgan fingerprint density at radius 1 is 1.33 bits per heavy atom. The number of benzene rings is 1. The fraction of sp³-hybridized carbons (Fsp3) is 0.471. The van der Waals surface area contributed by atoms with Crippen LogP contribution in [0.3, 0.4) is 0 Å². The van der Waals surface area contributed by atoms with Gasteiger partial charge >= 0.3 is 0 Å². The van der Waals surface area contributed by atoms with Crippen LogP contribution in [0.1, 0.15) is 44.2 Å². The molecular formula is C17H22ClN3O2S. The molecular weight excluding hydrogens is 346 g/mol. The summed E-state index contributed by atoms with van der Waals surface area (Å²) in [6.45, 7) is 8.61. The predicted octanol–water partition coefficient (Wildman–Crippen LogP) is 4.60. The van der Waals surface area contributed by atoms with E-state index in [1.165, 1.54) is 11.3 Å². The highest BCUT2D eigenvalue weighted by atomic mass is 35.5. The van der Waals surface area contributed by atoms with E-state index in [-0.39, 0.29) is 11.3 Å². The number of halogens is 1. The molecule has 1 aromatic heterocycles. The highest BCUT2D eigenvalue weighted by Crippen LogP contribution is 2.27. The summed E-state index contributed by atoms with van der Waals surface area (Å²) in [5, 5.41) is 13.0. The van der Waals surface area contributed by atoms with Crippen molar-refractivity contribution in [1.29, 1.82) is 0 Å². The number of ether oxygens (including phenoxy) is 1. The van der Waals surface area contributed by atoms with Crippen molar-refractivity contribution in [3.8, 4) is 5.75 Å². The molecule has 7 heteroatoms. The van der Waals surface area contributed by atoms with Gasteiger partial charge in [-0.3, -0.25) is 4.79 Å². The maximum absolute atomic E-state index is 11.9. The Balaban J connectivity index is 1.74. The molecule has 1 amide bonds. The number of carbonyl (C=O) groups is 1. The number of amides is 1. The largest absolute Gasteiger partial charge is 0.493 e. The normalized spacial score (nSPS) is 11.4. The highest BCUT2D eigenvalue weighted by Gasteiger charge is 2.19. The molecule has 2 rings (SSSR count). The minimum absolute atomic E-state index is 0.0646. The minimum atomic E-state index is -0.0805. The molecule has 0 spiro atoms. The molecule has 0 atom stereocenters. The zero-order chi connectivity index (χ0) is 17.7. The Kier molecular flexibility index (Phi) is 6.18. The molecule has 1 heterocycles. The van der Waals surface area contributed by atoms with E-state index < -0.39 is 0 Å². The summed E-state index contributed by atoms with van der Waals surface area (Å²) in [5.41, 5.74) is 0.917. The summed E-state index contributed by atoms with van der Waals surface area (Å²) in [6.07, 6.45) is 0.996. The van der Waals surface area contributed by atoms with Crippen molar-refractivity contribution in [2.45, 2.75) is 46.0 Å². The first-order chi connectivity index (χ1) is 11.3. The smallest absolute Gasteiger partial charge is 0.226 e. The first-order valence-corrected chi connectivity index (χ1v) is 8.98. The molecule has 5 nitrogen and oxygen atoms in total. The molecule has 0 bridgehead atoms. The summed E-state index contributed by atoms with van der Waals surface area (Å²) in [6, 6.07) is 5.48. The van der Waals surface area contributed by atoms with E-state index in [0.717, 1.165) is 16.3 Å². The highest BCUT2D eigenvalue weighted by molar-refractivity contribution is 7.15. The molecule has 1 aromatic carbocycles. The monoisotopic (exact) mass is 367 g/mol. The van der Waals surface area contributed by atoms with Crippen LogP contribution in [-0.4, -0.2) is 22.7 Å². The molecule has 0 fully saturated rings. The summed E-state index contributed by atoms with van der Waals surface area (Å²) < 4.78 is 5.68. The van der Waals surface area contributed by atoms with Gasteiger partial charge in [0.1, 0.15) is 10.8 Å². The lowest BCUT2D eigenvalue weighted by Gasteiger charge is -2.12. The number of nitrogens with one attached hydrogen (secondary N) is 1. The number of aryl methyl sites for hydroxylation is 1. The van der Waals surface area contributed by atoms with E-state index >= 15 is 0 Å². The first kappa shape index (κ1) is 18.7. The lowest BCUT2D eigenvalue weighted by atomic mass is 9.98. The lowest BCUT2D eigenvalue weighted by Crippen LogP contribution is -2.12. The molecule has 0 radical (unpaired) electrons. The fourth-order valence-electron chi connectivity index (χ4n) is 1.95. The molecule has 24 heavy (non-hydrogen) atoms. The van der Waals surface area contributed by atoms with Gasteiger partial charge in [-0.25, -0.2) is 0 Å². The van der Waals surface area contributed by atoms with Crippen molar-refractivity contribution < 1.29 is 9.53 Å². The van der Waals surface area contributed by atoms with Gasteiger partial charge in [0.25, 0.3) is 0 Å². The Bertz CT molecular complexity index is 710. The Hall–Kier alpha value is -1.66. The third kappa shape index (κ3) is 5.46. The number of hydrogen-bond donors (Lipinski definition) is 1. The second kappa shape index (κ2) is 7.94. The van der Waals surface area contributed by atoms with Crippen molar-refractivity contribution in [2.24, 2.45) is 0 Å². The van der Waals surface area contributed by atoms with Gasteiger partial charge < -0.3 is 10.1 Å². The summed E-state index contributed by atoms with van der Waals surface area (Å²) in [5.74, 6) is 0.710. The Labute approximate surface area is 151 Å². The molecule has 1 N–H and O–H groups in total. The third-order valence-corrected chi connectivity index (χ3v) is 4.76. The van der Waals surface area contributed by atoms with E-state index in [1.54, 1.807) is 6.07 Å². The number of nitrogens with zero attached hydrogens (tertiary/aromatic N) is 2. The molecule has 2 aromatic rings. The Morgan fingerprint density at radius 2 is 2.08 bits per heavy atom. The van der Waals surface area contributed by atoms with Gasteiger partial charge in [0.15, 0.2) is 0 Å². The van der Waals surface area contributed by atoms with Gasteiger partial charge in [-0.05, 0) is 37.1 Å². The van der Waals surface area contributed by atoms with E-state index in [9.17, 15) is 4.79 Å². The maximum atomic E-state index is 11.9. The van der Waals surface area contributed by atoms with Gasteiger partial charge in [0.2, 0.25) is 11.0 Å². The zero-order valence-electron chi connectivity index (χ0n) is 14.4. The van der Waals surface area contributed by atoms with Gasteiger partial charge in [-0.2, -0.15) is 0 Å². The minimum Gasteiger partial charge on any atom is -0.493 e. The quantitative estimate of drug-likeness (QED) is 0.758. The van der Waals surface area contributed by atoms with Crippen molar-refractivity contribution in [2.75, 3.05) is 11.9 Å². The van der Waals surface area contributed by atoms with Crippen LogP contribution in [0.5, 0.6) is 5.75 Å². The summed E-state index contributed by atoms with van der Waals surface area (Å²) in [7, 11) is 0. The summed E-state index contributed by atoms with van der Waals surface area (Å²) >= 11 is 7.32. The average molecular weight is 368 g/mol. The number of carbonyl (C=O) groups excluding carboxylic acids is 1. The van der Waals surface area contributed by atoms with Crippen molar-refractivity contribution >= 4 is 34.0 Å². The molecule has 0 unspecified atom stereocenters.